The van der Waals surface area contributed by atoms with E-state index in [9.17, 15) is 0 Å². The molecule has 0 heterocycles. The van der Waals surface area contributed by atoms with E-state index in [-0.39, 0.29) is 5.54 Å². The molecule has 0 aliphatic rings. The van der Waals surface area contributed by atoms with Crippen LogP contribution in [0.1, 0.15) is 26.7 Å². The highest BCUT2D eigenvalue weighted by Gasteiger charge is 2.14. The molecule has 0 aromatic heterocycles. The fraction of sp³-hybridized carbons (Fsp3) is 0.714. The van der Waals surface area contributed by atoms with Gasteiger partial charge in [0.2, 0.25) is 0 Å². The third kappa shape index (κ3) is 14.3. The van der Waals surface area contributed by atoms with Crippen molar-refractivity contribution in [3.8, 4) is 12.3 Å². The molecule has 0 rings (SSSR count). The predicted octanol–water partition coefficient (Wildman–Crippen LogP) is 0.484. The van der Waals surface area contributed by atoms with Gasteiger partial charge in [-0.25, -0.2) is 0 Å². The summed E-state index contributed by atoms with van der Waals surface area (Å²) >= 11 is 0. The molecule has 78 valence electrons. The van der Waals surface area contributed by atoms with Crippen molar-refractivity contribution >= 4 is 10.4 Å². The molecule has 0 fully saturated rings. The first kappa shape index (κ1) is 14.9. The van der Waals surface area contributed by atoms with Crippen molar-refractivity contribution in [2.24, 2.45) is 5.73 Å². The molecule has 0 amide bonds. The molecule has 0 spiro atoms. The zero-order valence-electron chi connectivity index (χ0n) is 7.69. The topological polar surface area (TPSA) is 101 Å². The summed E-state index contributed by atoms with van der Waals surface area (Å²) in [5.74, 6) is 2.56. The van der Waals surface area contributed by atoms with Gasteiger partial charge in [0.25, 0.3) is 0 Å². The van der Waals surface area contributed by atoms with E-state index in [1.807, 2.05) is 13.8 Å². The van der Waals surface area contributed by atoms with Gasteiger partial charge in [-0.1, -0.05) is 19.8 Å². The first-order valence-corrected chi connectivity index (χ1v) is 5.04. The second-order valence-corrected chi connectivity index (χ2v) is 3.35. The molecule has 0 aliphatic carbocycles. The van der Waals surface area contributed by atoms with Gasteiger partial charge >= 0.3 is 10.4 Å². The maximum Gasteiger partial charge on any atom is 0.394 e. The molecule has 5 nitrogen and oxygen atoms in total. The van der Waals surface area contributed by atoms with Gasteiger partial charge in [0.1, 0.15) is 0 Å². The lowest BCUT2D eigenvalue weighted by Gasteiger charge is -2.17. The van der Waals surface area contributed by atoms with Gasteiger partial charge in [0.15, 0.2) is 0 Å². The Labute approximate surface area is 78.9 Å². The first-order valence-electron chi connectivity index (χ1n) is 3.65. The molecule has 13 heavy (non-hydrogen) atoms. The highest BCUT2D eigenvalue weighted by molar-refractivity contribution is 7.79. The van der Waals surface area contributed by atoms with Crippen LogP contribution in [0.3, 0.4) is 0 Å². The fourth-order valence-corrected chi connectivity index (χ4v) is 0.454. The highest BCUT2D eigenvalue weighted by atomic mass is 32.3. The third-order valence-electron chi connectivity index (χ3n) is 1.55. The van der Waals surface area contributed by atoms with Gasteiger partial charge < -0.3 is 5.73 Å². The minimum Gasteiger partial charge on any atom is -0.315 e. The number of rotatable bonds is 2. The van der Waals surface area contributed by atoms with Gasteiger partial charge in [-0.2, -0.15) is 8.42 Å². The predicted molar refractivity (Wildman–Crippen MR) is 50.5 cm³/mol. The van der Waals surface area contributed by atoms with Gasteiger partial charge in [-0.05, 0) is 12.8 Å². The Balaban J connectivity index is 0. The summed E-state index contributed by atoms with van der Waals surface area (Å²) in [5.41, 5.74) is 5.31. The van der Waals surface area contributed by atoms with Crippen molar-refractivity contribution in [2.45, 2.75) is 32.2 Å². The summed E-state index contributed by atoms with van der Waals surface area (Å²) in [6, 6.07) is 0. The van der Waals surface area contributed by atoms with Crippen LogP contribution in [0.2, 0.25) is 0 Å². The number of nitrogens with two attached hydrogens (primary N) is 1. The molecule has 0 radical (unpaired) electrons. The molecule has 0 atom stereocenters. The molecule has 0 saturated carbocycles. The third-order valence-corrected chi connectivity index (χ3v) is 1.55. The van der Waals surface area contributed by atoms with E-state index in [0.29, 0.717) is 0 Å². The van der Waals surface area contributed by atoms with E-state index >= 15 is 0 Å². The van der Waals surface area contributed by atoms with E-state index < -0.39 is 10.4 Å². The van der Waals surface area contributed by atoms with Crippen molar-refractivity contribution in [3.05, 3.63) is 0 Å². The quantitative estimate of drug-likeness (QED) is 0.453. The molecule has 4 N–H and O–H groups in total. The lowest BCUT2D eigenvalue weighted by Crippen LogP contribution is -2.35. The molecule has 0 aromatic rings. The lowest BCUT2D eigenvalue weighted by molar-refractivity contribution is 0.381. The van der Waals surface area contributed by atoms with Crippen molar-refractivity contribution in [3.63, 3.8) is 0 Å². The fourth-order valence-electron chi connectivity index (χ4n) is 0.454. The van der Waals surface area contributed by atoms with E-state index in [4.69, 9.17) is 29.7 Å². The van der Waals surface area contributed by atoms with Crippen LogP contribution in [0, 0.1) is 12.3 Å². The molecule has 0 unspecified atom stereocenters. The monoisotopic (exact) mass is 209 g/mol. The van der Waals surface area contributed by atoms with Crippen LogP contribution >= 0.6 is 0 Å². The largest absolute Gasteiger partial charge is 0.394 e. The maximum atomic E-state index is 8.74. The summed E-state index contributed by atoms with van der Waals surface area (Å²) in [6.45, 7) is 4.01. The van der Waals surface area contributed by atoms with Crippen LogP contribution in [0.25, 0.3) is 0 Å². The van der Waals surface area contributed by atoms with Gasteiger partial charge in [0, 0.05) is 0 Å². The Kier molecular flexibility index (Phi) is 6.80. The maximum absolute atomic E-state index is 8.74. The minimum atomic E-state index is -4.67. The van der Waals surface area contributed by atoms with Crippen LogP contribution in [0.5, 0.6) is 0 Å². The van der Waals surface area contributed by atoms with Crippen molar-refractivity contribution in [1.82, 2.24) is 0 Å². The van der Waals surface area contributed by atoms with E-state index in [0.717, 1.165) is 12.8 Å². The molecule has 6 heteroatoms. The molecule has 0 aromatic carbocycles. The second-order valence-electron chi connectivity index (χ2n) is 2.46. The van der Waals surface area contributed by atoms with Gasteiger partial charge in [0.05, 0.1) is 5.54 Å². The van der Waals surface area contributed by atoms with E-state index in [1.165, 1.54) is 0 Å². The molecular formula is C7H15NO4S. The zero-order chi connectivity index (χ0) is 11.1. The summed E-state index contributed by atoms with van der Waals surface area (Å²) < 4.78 is 31.6. The Morgan fingerprint density at radius 3 is 1.62 bits per heavy atom. The lowest BCUT2D eigenvalue weighted by atomic mass is 9.96. The summed E-state index contributed by atoms with van der Waals surface area (Å²) in [5, 5.41) is 0. The molecule has 0 saturated heterocycles. The standard InChI is InChI=1S/C7H13N.H2O4S/c1-4-7(8,5-2)6-3;1-5(2,3)4/h1H,5-6,8H2,2-3H3;(H2,1,2,3,4). The van der Waals surface area contributed by atoms with Crippen molar-refractivity contribution in [1.29, 1.82) is 0 Å². The van der Waals surface area contributed by atoms with Crippen LogP contribution in [0.15, 0.2) is 0 Å². The Bertz CT molecular complexity index is 253. The molecule has 0 aliphatic heterocycles. The van der Waals surface area contributed by atoms with Crippen LogP contribution in [-0.2, 0) is 10.4 Å². The first-order chi connectivity index (χ1) is 5.68. The van der Waals surface area contributed by atoms with Crippen molar-refractivity contribution in [2.75, 3.05) is 0 Å². The Hall–Kier alpha value is -0.610. The Morgan fingerprint density at radius 1 is 1.38 bits per heavy atom. The van der Waals surface area contributed by atoms with Crippen molar-refractivity contribution < 1.29 is 17.5 Å². The average Bonchev–Trinajstić information content (AvgIpc) is 2.00. The minimum absolute atomic E-state index is 0.347. The van der Waals surface area contributed by atoms with Crippen LogP contribution in [0.4, 0.5) is 0 Å². The van der Waals surface area contributed by atoms with Crippen LogP contribution < -0.4 is 5.73 Å². The summed E-state index contributed by atoms with van der Waals surface area (Å²) in [6.07, 6.45) is 6.88. The zero-order valence-corrected chi connectivity index (χ0v) is 8.50. The Morgan fingerprint density at radius 2 is 1.62 bits per heavy atom. The average molecular weight is 209 g/mol. The normalized spacial score (nSPS) is 11.1. The van der Waals surface area contributed by atoms with E-state index in [2.05, 4.69) is 5.92 Å². The van der Waals surface area contributed by atoms with Crippen LogP contribution in [-0.4, -0.2) is 23.1 Å². The number of hydrogen-bond donors (Lipinski definition) is 3. The number of terminal acetylenes is 1. The van der Waals surface area contributed by atoms with Gasteiger partial charge in [-0.3, -0.25) is 9.11 Å². The summed E-state index contributed by atoms with van der Waals surface area (Å²) in [7, 11) is -4.67. The van der Waals surface area contributed by atoms with Gasteiger partial charge in [-0.15, -0.1) is 6.42 Å². The van der Waals surface area contributed by atoms with E-state index in [1.54, 1.807) is 0 Å². The summed E-state index contributed by atoms with van der Waals surface area (Å²) in [4.78, 5) is 0. The molecular weight excluding hydrogens is 194 g/mol. The smallest absolute Gasteiger partial charge is 0.315 e. The second kappa shape index (κ2) is 5.94. The number of hydrogen-bond acceptors (Lipinski definition) is 3. The highest BCUT2D eigenvalue weighted by Crippen LogP contribution is 2.07. The SMILES string of the molecule is C#CC(N)(CC)CC.O=S(=O)(O)O. The molecule has 0 bridgehead atoms.